The molecule has 0 aliphatic carbocycles. The molecular weight excluding hydrogens is 328 g/mol. The molecule has 1 heterocycles. The van der Waals surface area contributed by atoms with Gasteiger partial charge in [-0.25, -0.2) is 4.98 Å². The van der Waals surface area contributed by atoms with E-state index < -0.39 is 0 Å². The lowest BCUT2D eigenvalue weighted by Gasteiger charge is -2.09. The zero-order chi connectivity index (χ0) is 14.7. The molecule has 0 unspecified atom stereocenters. The second-order valence-corrected chi connectivity index (χ2v) is 5.65. The van der Waals surface area contributed by atoms with E-state index in [-0.39, 0.29) is 0 Å². The van der Waals surface area contributed by atoms with Crippen LogP contribution in [0.25, 0.3) is 11.4 Å². The molecule has 2 aromatic carbocycles. The van der Waals surface area contributed by atoms with Crippen LogP contribution in [0.15, 0.2) is 65.4 Å². The number of nitrogens with zero attached hydrogens (tertiary/aromatic N) is 2. The van der Waals surface area contributed by atoms with Crippen LogP contribution in [0.5, 0.6) is 5.75 Å². The Labute approximate surface area is 132 Å². The molecule has 0 bridgehead atoms. The second kappa shape index (κ2) is 6.14. The molecule has 106 valence electrons. The number of ether oxygens (including phenoxy) is 1. The van der Waals surface area contributed by atoms with Crippen LogP contribution in [0.2, 0.25) is 0 Å². The van der Waals surface area contributed by atoms with Gasteiger partial charge in [-0.1, -0.05) is 28.1 Å². The average Bonchev–Trinajstić information content (AvgIpc) is 2.98. The van der Waals surface area contributed by atoms with E-state index in [0.29, 0.717) is 0 Å². The average molecular weight is 343 g/mol. The van der Waals surface area contributed by atoms with Crippen molar-refractivity contribution in [1.29, 1.82) is 0 Å². The van der Waals surface area contributed by atoms with Gasteiger partial charge in [-0.15, -0.1) is 0 Å². The van der Waals surface area contributed by atoms with Crippen molar-refractivity contribution in [2.24, 2.45) is 0 Å². The molecule has 0 saturated carbocycles. The van der Waals surface area contributed by atoms with Crippen LogP contribution >= 0.6 is 15.9 Å². The first kappa shape index (κ1) is 13.9. The number of hydrogen-bond donors (Lipinski definition) is 0. The molecular formula is C17H15BrN2O. The van der Waals surface area contributed by atoms with Gasteiger partial charge in [0.05, 0.1) is 7.11 Å². The molecule has 0 aliphatic rings. The van der Waals surface area contributed by atoms with Gasteiger partial charge in [0.1, 0.15) is 11.6 Å². The van der Waals surface area contributed by atoms with E-state index in [1.54, 1.807) is 7.11 Å². The molecule has 0 aliphatic heterocycles. The van der Waals surface area contributed by atoms with E-state index in [2.05, 4.69) is 49.7 Å². The molecule has 0 N–H and O–H groups in total. The summed E-state index contributed by atoms with van der Waals surface area (Å²) >= 11 is 3.46. The zero-order valence-corrected chi connectivity index (χ0v) is 13.2. The monoisotopic (exact) mass is 342 g/mol. The minimum absolute atomic E-state index is 0.800. The summed E-state index contributed by atoms with van der Waals surface area (Å²) in [4.78, 5) is 4.47. The van der Waals surface area contributed by atoms with Crippen LogP contribution < -0.4 is 4.74 Å². The largest absolute Gasteiger partial charge is 0.497 e. The van der Waals surface area contributed by atoms with E-state index in [4.69, 9.17) is 4.74 Å². The van der Waals surface area contributed by atoms with Gasteiger partial charge in [0.15, 0.2) is 0 Å². The maximum absolute atomic E-state index is 5.19. The van der Waals surface area contributed by atoms with Crippen molar-refractivity contribution in [1.82, 2.24) is 9.55 Å². The Morgan fingerprint density at radius 3 is 2.43 bits per heavy atom. The highest BCUT2D eigenvalue weighted by Crippen LogP contribution is 2.22. The Morgan fingerprint density at radius 1 is 1.05 bits per heavy atom. The van der Waals surface area contributed by atoms with E-state index in [9.17, 15) is 0 Å². The van der Waals surface area contributed by atoms with E-state index in [0.717, 1.165) is 28.2 Å². The van der Waals surface area contributed by atoms with Crippen molar-refractivity contribution < 1.29 is 4.74 Å². The SMILES string of the molecule is COc1ccc(-c2nccn2Cc2ccc(Br)cc2)cc1. The number of hydrogen-bond acceptors (Lipinski definition) is 2. The lowest BCUT2D eigenvalue weighted by atomic mass is 10.2. The van der Waals surface area contributed by atoms with Crippen LogP contribution in [0.1, 0.15) is 5.56 Å². The first-order chi connectivity index (χ1) is 10.3. The summed E-state index contributed by atoms with van der Waals surface area (Å²) in [5, 5.41) is 0. The van der Waals surface area contributed by atoms with Crippen LogP contribution in [0.4, 0.5) is 0 Å². The zero-order valence-electron chi connectivity index (χ0n) is 11.7. The summed E-state index contributed by atoms with van der Waals surface area (Å²) in [6, 6.07) is 16.3. The lowest BCUT2D eigenvalue weighted by Crippen LogP contribution is -2.01. The van der Waals surface area contributed by atoms with Gasteiger partial charge >= 0.3 is 0 Å². The third-order valence-corrected chi connectivity index (χ3v) is 3.86. The van der Waals surface area contributed by atoms with Crippen molar-refractivity contribution in [2.75, 3.05) is 7.11 Å². The van der Waals surface area contributed by atoms with Crippen molar-refractivity contribution in [3.63, 3.8) is 0 Å². The normalized spacial score (nSPS) is 10.6. The molecule has 0 saturated heterocycles. The molecule has 0 fully saturated rings. The summed E-state index contributed by atoms with van der Waals surface area (Å²) in [6.07, 6.45) is 3.83. The smallest absolute Gasteiger partial charge is 0.140 e. The molecule has 3 rings (SSSR count). The molecule has 0 atom stereocenters. The van der Waals surface area contributed by atoms with Crippen LogP contribution in [0, 0.1) is 0 Å². The van der Waals surface area contributed by atoms with Gasteiger partial charge < -0.3 is 9.30 Å². The van der Waals surface area contributed by atoms with E-state index in [1.807, 2.05) is 36.7 Å². The Morgan fingerprint density at radius 2 is 1.76 bits per heavy atom. The Kier molecular flexibility index (Phi) is 4.06. The number of imidazole rings is 1. The third kappa shape index (κ3) is 3.16. The highest BCUT2D eigenvalue weighted by Gasteiger charge is 2.06. The van der Waals surface area contributed by atoms with Gasteiger partial charge in [-0.05, 0) is 42.0 Å². The number of aromatic nitrogens is 2. The van der Waals surface area contributed by atoms with Crippen molar-refractivity contribution in [3.8, 4) is 17.1 Å². The molecule has 21 heavy (non-hydrogen) atoms. The molecule has 0 spiro atoms. The predicted molar refractivity (Wildman–Crippen MR) is 87.5 cm³/mol. The fraction of sp³-hybridized carbons (Fsp3) is 0.118. The second-order valence-electron chi connectivity index (χ2n) is 4.73. The maximum atomic E-state index is 5.19. The standard InChI is InChI=1S/C17H15BrN2O/c1-21-16-8-4-14(5-9-16)17-19-10-11-20(17)12-13-2-6-15(18)7-3-13/h2-11H,12H2,1H3. The van der Waals surface area contributed by atoms with Gasteiger partial charge in [0, 0.05) is 29.0 Å². The van der Waals surface area contributed by atoms with Crippen LogP contribution in [-0.2, 0) is 6.54 Å². The molecule has 1 aromatic heterocycles. The molecule has 3 aromatic rings. The quantitative estimate of drug-likeness (QED) is 0.703. The predicted octanol–water partition coefficient (Wildman–Crippen LogP) is 4.37. The van der Waals surface area contributed by atoms with Crippen molar-refractivity contribution in [3.05, 3.63) is 71.0 Å². The minimum Gasteiger partial charge on any atom is -0.497 e. The fourth-order valence-electron chi connectivity index (χ4n) is 2.22. The third-order valence-electron chi connectivity index (χ3n) is 3.33. The lowest BCUT2D eigenvalue weighted by molar-refractivity contribution is 0.415. The number of benzene rings is 2. The van der Waals surface area contributed by atoms with Gasteiger partial charge in [0.2, 0.25) is 0 Å². The summed E-state index contributed by atoms with van der Waals surface area (Å²) < 4.78 is 8.43. The minimum atomic E-state index is 0.800. The van der Waals surface area contributed by atoms with Gasteiger partial charge in [-0.2, -0.15) is 0 Å². The Balaban J connectivity index is 1.87. The first-order valence-corrected chi connectivity index (χ1v) is 7.45. The maximum Gasteiger partial charge on any atom is 0.140 e. The van der Waals surface area contributed by atoms with E-state index >= 15 is 0 Å². The molecule has 0 radical (unpaired) electrons. The summed E-state index contributed by atoms with van der Waals surface area (Å²) in [5.41, 5.74) is 2.32. The number of halogens is 1. The Bertz CT molecular complexity index is 717. The fourth-order valence-corrected chi connectivity index (χ4v) is 2.49. The molecule has 4 heteroatoms. The topological polar surface area (TPSA) is 27.1 Å². The highest BCUT2D eigenvalue weighted by molar-refractivity contribution is 9.10. The summed E-state index contributed by atoms with van der Waals surface area (Å²) in [7, 11) is 1.67. The van der Waals surface area contributed by atoms with Crippen molar-refractivity contribution >= 4 is 15.9 Å². The molecule has 0 amide bonds. The van der Waals surface area contributed by atoms with Gasteiger partial charge in [0.25, 0.3) is 0 Å². The summed E-state index contributed by atoms with van der Waals surface area (Å²) in [5.74, 6) is 1.81. The molecule has 3 nitrogen and oxygen atoms in total. The van der Waals surface area contributed by atoms with Crippen molar-refractivity contribution in [2.45, 2.75) is 6.54 Å². The van der Waals surface area contributed by atoms with Gasteiger partial charge in [-0.3, -0.25) is 0 Å². The summed E-state index contributed by atoms with van der Waals surface area (Å²) in [6.45, 7) is 0.800. The number of methoxy groups -OCH3 is 1. The van der Waals surface area contributed by atoms with Crippen LogP contribution in [-0.4, -0.2) is 16.7 Å². The van der Waals surface area contributed by atoms with Crippen LogP contribution in [0.3, 0.4) is 0 Å². The first-order valence-electron chi connectivity index (χ1n) is 6.66. The number of rotatable bonds is 4. The highest BCUT2D eigenvalue weighted by atomic mass is 79.9. The Hall–Kier alpha value is -2.07. The van der Waals surface area contributed by atoms with E-state index in [1.165, 1.54) is 5.56 Å².